The summed E-state index contributed by atoms with van der Waals surface area (Å²) in [6, 6.07) is 6.47. The fraction of sp³-hybridized carbons (Fsp3) is 0.167. The van der Waals surface area contributed by atoms with Crippen molar-refractivity contribution in [3.63, 3.8) is 0 Å². The fourth-order valence-corrected chi connectivity index (χ4v) is 1.72. The Labute approximate surface area is 97.0 Å². The van der Waals surface area contributed by atoms with Crippen LogP contribution in [0, 0.1) is 0 Å². The number of carbonyl (C=O) groups is 4. The number of amides is 2. The minimum atomic E-state index is -0.624. The van der Waals surface area contributed by atoms with Gasteiger partial charge in [-0.3, -0.25) is 24.1 Å². The van der Waals surface area contributed by atoms with Crippen molar-refractivity contribution in [2.75, 3.05) is 6.54 Å². The Kier molecular flexibility index (Phi) is 2.82. The fourth-order valence-electron chi connectivity index (χ4n) is 1.72. The normalized spacial score (nSPS) is 13.8. The van der Waals surface area contributed by atoms with Gasteiger partial charge in [0.05, 0.1) is 11.1 Å². The molecule has 17 heavy (non-hydrogen) atoms. The van der Waals surface area contributed by atoms with Crippen molar-refractivity contribution in [1.29, 1.82) is 0 Å². The predicted molar refractivity (Wildman–Crippen MR) is 57.5 cm³/mol. The third-order valence-corrected chi connectivity index (χ3v) is 2.59. The van der Waals surface area contributed by atoms with E-state index < -0.39 is 17.6 Å². The van der Waals surface area contributed by atoms with Gasteiger partial charge >= 0.3 is 0 Å². The number of hydrogen-bond donors (Lipinski definition) is 0. The Morgan fingerprint density at radius 3 is 2.12 bits per heavy atom. The Balaban J connectivity index is 2.19. The van der Waals surface area contributed by atoms with Gasteiger partial charge in [-0.05, 0) is 12.1 Å². The molecular formula is C12H9NO4. The second kappa shape index (κ2) is 4.29. The van der Waals surface area contributed by atoms with E-state index in [0.717, 1.165) is 4.90 Å². The molecule has 1 aromatic rings. The highest BCUT2D eigenvalue weighted by Crippen LogP contribution is 2.22. The molecule has 1 aliphatic heterocycles. The van der Waals surface area contributed by atoms with Crippen molar-refractivity contribution in [1.82, 2.24) is 4.90 Å². The first-order valence-electron chi connectivity index (χ1n) is 5.08. The Hall–Kier alpha value is -2.30. The Morgan fingerprint density at radius 2 is 1.65 bits per heavy atom. The van der Waals surface area contributed by atoms with Gasteiger partial charge in [0.1, 0.15) is 0 Å². The molecule has 2 amide bonds. The van der Waals surface area contributed by atoms with Crippen LogP contribution in [0.1, 0.15) is 27.1 Å². The maximum Gasteiger partial charge on any atom is 0.261 e. The van der Waals surface area contributed by atoms with Crippen LogP contribution in [0.3, 0.4) is 0 Å². The maximum absolute atomic E-state index is 11.8. The first kappa shape index (κ1) is 11.2. The largest absolute Gasteiger partial charge is 0.295 e. The van der Waals surface area contributed by atoms with Crippen molar-refractivity contribution in [2.45, 2.75) is 6.42 Å². The summed E-state index contributed by atoms with van der Waals surface area (Å²) in [5, 5.41) is 0. The first-order chi connectivity index (χ1) is 8.15. The molecule has 0 radical (unpaired) electrons. The lowest BCUT2D eigenvalue weighted by atomic mass is 10.1. The first-order valence-corrected chi connectivity index (χ1v) is 5.08. The third kappa shape index (κ3) is 1.87. The minimum Gasteiger partial charge on any atom is -0.295 e. The number of nitrogens with zero attached hydrogens (tertiary/aromatic N) is 1. The molecule has 0 aromatic heterocycles. The van der Waals surface area contributed by atoms with Crippen LogP contribution in [0.15, 0.2) is 24.3 Å². The number of hydrogen-bond acceptors (Lipinski definition) is 4. The highest BCUT2D eigenvalue weighted by molar-refractivity contribution is 6.25. The van der Waals surface area contributed by atoms with Gasteiger partial charge in [0.2, 0.25) is 0 Å². The van der Waals surface area contributed by atoms with Crippen LogP contribution in [-0.4, -0.2) is 35.3 Å². The molecule has 0 atom stereocenters. The van der Waals surface area contributed by atoms with Gasteiger partial charge < -0.3 is 0 Å². The van der Waals surface area contributed by atoms with Gasteiger partial charge in [-0.15, -0.1) is 0 Å². The zero-order chi connectivity index (χ0) is 12.4. The SMILES string of the molecule is O=CC(=O)CCN1C(=O)c2ccccc2C1=O. The maximum atomic E-state index is 11.8. The topological polar surface area (TPSA) is 71.5 Å². The van der Waals surface area contributed by atoms with E-state index in [9.17, 15) is 19.2 Å². The summed E-state index contributed by atoms with van der Waals surface area (Å²) < 4.78 is 0. The summed E-state index contributed by atoms with van der Waals surface area (Å²) in [6.07, 6.45) is 0.0626. The molecule has 0 unspecified atom stereocenters. The zero-order valence-electron chi connectivity index (χ0n) is 8.88. The average Bonchev–Trinajstić information content (AvgIpc) is 2.60. The lowest BCUT2D eigenvalue weighted by Gasteiger charge is -2.11. The number of carbonyl (C=O) groups excluding carboxylic acids is 4. The Morgan fingerprint density at radius 1 is 1.12 bits per heavy atom. The van der Waals surface area contributed by atoms with E-state index in [0.29, 0.717) is 11.1 Å². The second-order valence-electron chi connectivity index (χ2n) is 3.64. The van der Waals surface area contributed by atoms with E-state index in [2.05, 4.69) is 0 Å². The molecule has 0 saturated heterocycles. The van der Waals surface area contributed by atoms with Crippen molar-refractivity contribution in [2.24, 2.45) is 0 Å². The van der Waals surface area contributed by atoms with E-state index in [4.69, 9.17) is 0 Å². The molecule has 2 rings (SSSR count). The van der Waals surface area contributed by atoms with Crippen molar-refractivity contribution >= 4 is 23.9 Å². The van der Waals surface area contributed by atoms with Gasteiger partial charge in [-0.25, -0.2) is 0 Å². The minimum absolute atomic E-state index is 0.0517. The van der Waals surface area contributed by atoms with Crippen LogP contribution in [0.4, 0.5) is 0 Å². The zero-order valence-corrected chi connectivity index (χ0v) is 8.88. The van der Waals surface area contributed by atoms with Gasteiger partial charge in [0.25, 0.3) is 11.8 Å². The third-order valence-electron chi connectivity index (χ3n) is 2.59. The summed E-state index contributed by atoms with van der Waals surface area (Å²) >= 11 is 0. The highest BCUT2D eigenvalue weighted by Gasteiger charge is 2.34. The van der Waals surface area contributed by atoms with Crippen LogP contribution in [0.5, 0.6) is 0 Å². The number of imide groups is 1. The van der Waals surface area contributed by atoms with E-state index in [1.165, 1.54) is 0 Å². The lowest BCUT2D eigenvalue weighted by molar-refractivity contribution is -0.129. The highest BCUT2D eigenvalue weighted by atomic mass is 16.2. The summed E-state index contributed by atoms with van der Waals surface area (Å²) in [5.74, 6) is -1.45. The number of rotatable bonds is 4. The van der Waals surface area contributed by atoms with Crippen LogP contribution in [0.2, 0.25) is 0 Å². The molecule has 0 bridgehead atoms. The molecule has 1 aromatic carbocycles. The molecule has 5 nitrogen and oxygen atoms in total. The quantitative estimate of drug-likeness (QED) is 0.428. The molecule has 1 heterocycles. The molecular weight excluding hydrogens is 222 g/mol. The predicted octanol–water partition coefficient (Wildman–Crippen LogP) is 0.441. The van der Waals surface area contributed by atoms with E-state index >= 15 is 0 Å². The smallest absolute Gasteiger partial charge is 0.261 e. The van der Waals surface area contributed by atoms with Gasteiger partial charge in [-0.2, -0.15) is 0 Å². The molecule has 1 aliphatic rings. The Bertz CT molecular complexity index is 486. The summed E-state index contributed by atoms with van der Waals surface area (Å²) in [7, 11) is 0. The van der Waals surface area contributed by atoms with Crippen molar-refractivity contribution in [3.05, 3.63) is 35.4 Å². The molecule has 0 aliphatic carbocycles. The van der Waals surface area contributed by atoms with Crippen LogP contribution in [-0.2, 0) is 9.59 Å². The number of aldehydes is 1. The number of Topliss-reactive ketones (excluding diaryl/α,β-unsaturated/α-hetero) is 1. The molecule has 0 N–H and O–H groups in total. The van der Waals surface area contributed by atoms with Crippen LogP contribution < -0.4 is 0 Å². The van der Waals surface area contributed by atoms with Gasteiger partial charge in [0, 0.05) is 13.0 Å². The lowest BCUT2D eigenvalue weighted by Crippen LogP contribution is -2.32. The molecule has 5 heteroatoms. The van der Waals surface area contributed by atoms with Gasteiger partial charge in [0.15, 0.2) is 12.1 Å². The van der Waals surface area contributed by atoms with Crippen molar-refractivity contribution < 1.29 is 19.2 Å². The van der Waals surface area contributed by atoms with Crippen LogP contribution in [0.25, 0.3) is 0 Å². The summed E-state index contributed by atoms with van der Waals surface area (Å²) in [5.41, 5.74) is 0.687. The van der Waals surface area contributed by atoms with Crippen LogP contribution >= 0.6 is 0 Å². The molecule has 86 valence electrons. The van der Waals surface area contributed by atoms with Gasteiger partial charge in [-0.1, -0.05) is 12.1 Å². The molecule has 0 spiro atoms. The average molecular weight is 231 g/mol. The summed E-state index contributed by atoms with van der Waals surface area (Å²) in [6.45, 7) is -0.0517. The monoisotopic (exact) mass is 231 g/mol. The number of fused-ring (bicyclic) bond motifs is 1. The number of benzene rings is 1. The number of ketones is 1. The second-order valence-corrected chi connectivity index (χ2v) is 3.64. The summed E-state index contributed by atoms with van der Waals surface area (Å²) in [4.78, 5) is 45.6. The molecule has 0 saturated carbocycles. The van der Waals surface area contributed by atoms with E-state index in [1.807, 2.05) is 0 Å². The molecule has 0 fully saturated rings. The van der Waals surface area contributed by atoms with E-state index in [-0.39, 0.29) is 19.3 Å². The standard InChI is InChI=1S/C12H9NO4/c14-7-8(15)5-6-13-11(16)9-3-1-2-4-10(9)12(13)17/h1-4,7H,5-6H2. The van der Waals surface area contributed by atoms with Crippen molar-refractivity contribution in [3.8, 4) is 0 Å². The van der Waals surface area contributed by atoms with E-state index in [1.54, 1.807) is 24.3 Å².